The van der Waals surface area contributed by atoms with E-state index in [-0.39, 0.29) is 6.10 Å². The highest BCUT2D eigenvalue weighted by molar-refractivity contribution is 5.36. The van der Waals surface area contributed by atoms with Gasteiger partial charge in [0.15, 0.2) is 0 Å². The first-order valence-electron chi connectivity index (χ1n) is 12.2. The van der Waals surface area contributed by atoms with Crippen LogP contribution in [-0.2, 0) is 0 Å². The molecule has 30 heavy (non-hydrogen) atoms. The molecular weight excluding hydrogens is 372 g/mol. The molecule has 0 unspecified atom stereocenters. The average Bonchev–Trinajstić information content (AvgIpc) is 2.98. The van der Waals surface area contributed by atoms with E-state index < -0.39 is 11.7 Å². The van der Waals surface area contributed by atoms with Gasteiger partial charge in [-0.2, -0.15) is 0 Å². The van der Waals surface area contributed by atoms with Gasteiger partial charge in [0.1, 0.15) is 0 Å². The fourth-order valence-electron chi connectivity index (χ4n) is 6.86. The molecule has 0 aromatic heterocycles. The molecule has 0 saturated heterocycles. The summed E-state index contributed by atoms with van der Waals surface area (Å²) in [6.07, 6.45) is 13.8. The molecule has 3 rings (SSSR count). The van der Waals surface area contributed by atoms with E-state index in [9.17, 15) is 15.3 Å². The lowest BCUT2D eigenvalue weighted by Gasteiger charge is -2.44. The van der Waals surface area contributed by atoms with Crippen LogP contribution < -0.4 is 0 Å². The zero-order chi connectivity index (χ0) is 22.1. The molecule has 3 aliphatic carbocycles. The zero-order valence-corrected chi connectivity index (χ0v) is 19.7. The summed E-state index contributed by atoms with van der Waals surface area (Å²) in [5.74, 6) is 1.72. The molecular formula is C27H44O3. The summed E-state index contributed by atoms with van der Waals surface area (Å²) in [6, 6.07) is 0. The molecule has 0 spiro atoms. The summed E-state index contributed by atoms with van der Waals surface area (Å²) in [5.41, 5.74) is 3.49. The van der Waals surface area contributed by atoms with E-state index in [2.05, 4.69) is 32.6 Å². The Bertz CT molecular complexity index is 683. The Morgan fingerprint density at radius 3 is 2.63 bits per heavy atom. The van der Waals surface area contributed by atoms with Crippen molar-refractivity contribution in [3.63, 3.8) is 0 Å². The van der Waals surface area contributed by atoms with Gasteiger partial charge in [0.05, 0.1) is 17.8 Å². The fraction of sp³-hybridized carbons (Fsp3) is 0.778. The standard InChI is InChI=1S/C27H44O3/c1-18-8-11-22(28)16-21(18)10-9-20-7-6-14-27(5)24(12-13-25(20)27)19(2)15-23(29)17-26(3,4)30/h9-10,19,22-25,28-30H,1,6-8,11-17H2,2-5H3/b20-9+,21-10?/t19-,22+,23+,24-,25-,27-/m1/s1. The maximum absolute atomic E-state index is 10.5. The Morgan fingerprint density at radius 2 is 1.93 bits per heavy atom. The van der Waals surface area contributed by atoms with Crippen molar-refractivity contribution in [1.82, 2.24) is 0 Å². The molecule has 3 N–H and O–H groups in total. The summed E-state index contributed by atoms with van der Waals surface area (Å²) in [4.78, 5) is 0. The van der Waals surface area contributed by atoms with Crippen molar-refractivity contribution in [2.24, 2.45) is 23.2 Å². The van der Waals surface area contributed by atoms with E-state index in [1.54, 1.807) is 19.4 Å². The minimum Gasteiger partial charge on any atom is -0.393 e. The molecule has 3 fully saturated rings. The van der Waals surface area contributed by atoms with Crippen molar-refractivity contribution >= 4 is 0 Å². The number of rotatable bonds is 6. The van der Waals surface area contributed by atoms with Gasteiger partial charge in [-0.05, 0) is 100 Å². The summed E-state index contributed by atoms with van der Waals surface area (Å²) < 4.78 is 0. The lowest BCUT2D eigenvalue weighted by atomic mass is 9.60. The highest BCUT2D eigenvalue weighted by atomic mass is 16.3. The maximum Gasteiger partial charge on any atom is 0.0616 e. The van der Waals surface area contributed by atoms with E-state index >= 15 is 0 Å². The summed E-state index contributed by atoms with van der Waals surface area (Å²) in [7, 11) is 0. The number of aliphatic hydroxyl groups is 3. The Kier molecular flexibility index (Phi) is 7.37. The number of allylic oxidation sites excluding steroid dienone is 4. The second-order valence-electron chi connectivity index (χ2n) is 11.4. The smallest absolute Gasteiger partial charge is 0.0616 e. The summed E-state index contributed by atoms with van der Waals surface area (Å²) in [6.45, 7) is 12.6. The molecule has 0 bridgehead atoms. The lowest BCUT2D eigenvalue weighted by molar-refractivity contribution is 0.000134. The minimum atomic E-state index is -0.813. The molecule has 0 aromatic carbocycles. The monoisotopic (exact) mass is 416 g/mol. The Balaban J connectivity index is 1.71. The molecule has 3 aliphatic rings. The van der Waals surface area contributed by atoms with Crippen LogP contribution >= 0.6 is 0 Å². The van der Waals surface area contributed by atoms with Gasteiger partial charge in [0.25, 0.3) is 0 Å². The van der Waals surface area contributed by atoms with Crippen LogP contribution in [-0.4, -0.2) is 33.1 Å². The molecule has 0 amide bonds. The lowest BCUT2D eigenvalue weighted by Crippen LogP contribution is -2.37. The van der Waals surface area contributed by atoms with Crippen LogP contribution in [0.3, 0.4) is 0 Å². The molecule has 6 atom stereocenters. The maximum atomic E-state index is 10.5. The second-order valence-corrected chi connectivity index (χ2v) is 11.4. The highest BCUT2D eigenvalue weighted by Crippen LogP contribution is 2.60. The van der Waals surface area contributed by atoms with E-state index in [1.165, 1.54) is 43.3 Å². The van der Waals surface area contributed by atoms with Crippen molar-refractivity contribution in [3.05, 3.63) is 35.5 Å². The first-order valence-corrected chi connectivity index (χ1v) is 12.2. The number of fused-ring (bicyclic) bond motifs is 1. The van der Waals surface area contributed by atoms with Crippen molar-refractivity contribution in [1.29, 1.82) is 0 Å². The normalized spacial score (nSPS) is 37.4. The third-order valence-corrected chi connectivity index (χ3v) is 8.29. The van der Waals surface area contributed by atoms with Gasteiger partial charge in [-0.1, -0.05) is 43.7 Å². The first kappa shape index (κ1) is 23.8. The third-order valence-electron chi connectivity index (χ3n) is 8.29. The van der Waals surface area contributed by atoms with Crippen molar-refractivity contribution in [2.45, 2.75) is 110 Å². The van der Waals surface area contributed by atoms with Crippen molar-refractivity contribution < 1.29 is 15.3 Å². The van der Waals surface area contributed by atoms with Crippen LogP contribution in [0.5, 0.6) is 0 Å². The van der Waals surface area contributed by atoms with Crippen LogP contribution in [0.25, 0.3) is 0 Å². The summed E-state index contributed by atoms with van der Waals surface area (Å²) in [5, 5.41) is 30.6. The molecule has 0 heterocycles. The number of aliphatic hydroxyl groups excluding tert-OH is 2. The van der Waals surface area contributed by atoms with Crippen LogP contribution in [0, 0.1) is 23.2 Å². The molecule has 3 nitrogen and oxygen atoms in total. The van der Waals surface area contributed by atoms with Gasteiger partial charge in [0, 0.05) is 6.42 Å². The van der Waals surface area contributed by atoms with Gasteiger partial charge in [-0.3, -0.25) is 0 Å². The van der Waals surface area contributed by atoms with Gasteiger partial charge >= 0.3 is 0 Å². The quantitative estimate of drug-likeness (QED) is 0.520. The average molecular weight is 417 g/mol. The largest absolute Gasteiger partial charge is 0.393 e. The fourth-order valence-corrected chi connectivity index (χ4v) is 6.86. The molecule has 0 radical (unpaired) electrons. The Morgan fingerprint density at radius 1 is 1.20 bits per heavy atom. The Hall–Kier alpha value is -0.900. The van der Waals surface area contributed by atoms with Gasteiger partial charge in [-0.15, -0.1) is 0 Å². The molecule has 3 heteroatoms. The molecule has 170 valence electrons. The van der Waals surface area contributed by atoms with Crippen molar-refractivity contribution in [2.75, 3.05) is 0 Å². The van der Waals surface area contributed by atoms with Crippen LogP contribution in [0.4, 0.5) is 0 Å². The predicted molar refractivity (Wildman–Crippen MR) is 124 cm³/mol. The Labute approximate surface area is 184 Å². The second kappa shape index (κ2) is 9.30. The number of hydrogen-bond donors (Lipinski definition) is 3. The zero-order valence-electron chi connectivity index (χ0n) is 19.7. The summed E-state index contributed by atoms with van der Waals surface area (Å²) >= 11 is 0. The van der Waals surface area contributed by atoms with E-state index in [4.69, 9.17) is 0 Å². The highest BCUT2D eigenvalue weighted by Gasteiger charge is 2.50. The topological polar surface area (TPSA) is 60.7 Å². The number of hydrogen-bond acceptors (Lipinski definition) is 3. The van der Waals surface area contributed by atoms with Gasteiger partial charge in [-0.25, -0.2) is 0 Å². The van der Waals surface area contributed by atoms with E-state index in [0.717, 1.165) is 25.7 Å². The van der Waals surface area contributed by atoms with Crippen molar-refractivity contribution in [3.8, 4) is 0 Å². The molecule has 3 saturated carbocycles. The van der Waals surface area contributed by atoms with Crippen LogP contribution in [0.1, 0.15) is 91.9 Å². The molecule has 0 aliphatic heterocycles. The van der Waals surface area contributed by atoms with Crippen LogP contribution in [0.15, 0.2) is 35.5 Å². The van der Waals surface area contributed by atoms with Gasteiger partial charge in [0.2, 0.25) is 0 Å². The SMILES string of the molecule is C=C1CC[C@H](O)CC1=C/C=C1\CCC[C@@]2(C)[C@@H]1CC[C@@H]2[C@H](C)C[C@H](O)CC(C)(C)O. The predicted octanol–water partition coefficient (Wildman–Crippen LogP) is 5.70. The third kappa shape index (κ3) is 5.47. The van der Waals surface area contributed by atoms with Crippen LogP contribution in [0.2, 0.25) is 0 Å². The van der Waals surface area contributed by atoms with Gasteiger partial charge < -0.3 is 15.3 Å². The van der Waals surface area contributed by atoms with E-state index in [0.29, 0.717) is 29.6 Å². The minimum absolute atomic E-state index is 0.219. The first-order chi connectivity index (χ1) is 14.0. The van der Waals surface area contributed by atoms with E-state index in [1.807, 2.05) is 0 Å². The molecule has 0 aromatic rings.